The number of anilines is 2. The summed E-state index contributed by atoms with van der Waals surface area (Å²) in [7, 11) is -1.14. The molecule has 0 heterocycles. The molecule has 1 unspecified atom stereocenters. The van der Waals surface area contributed by atoms with Crippen molar-refractivity contribution in [2.75, 3.05) is 16.8 Å². The van der Waals surface area contributed by atoms with Crippen molar-refractivity contribution in [3.8, 4) is 0 Å². The van der Waals surface area contributed by atoms with Gasteiger partial charge in [-0.25, -0.2) is 0 Å². The van der Waals surface area contributed by atoms with Crippen LogP contribution in [-0.2, 0) is 15.6 Å². The Labute approximate surface area is 104 Å². The molecule has 4 nitrogen and oxygen atoms in total. The maximum Gasteiger partial charge on any atom is 0.237 e. The van der Waals surface area contributed by atoms with Gasteiger partial charge in [0.05, 0.1) is 11.4 Å². The Morgan fingerprint density at radius 3 is 2.65 bits per heavy atom. The zero-order valence-corrected chi connectivity index (χ0v) is 11.1. The maximum absolute atomic E-state index is 11.6. The van der Waals surface area contributed by atoms with Crippen molar-refractivity contribution < 1.29 is 9.00 Å². The van der Waals surface area contributed by atoms with Gasteiger partial charge in [0, 0.05) is 16.0 Å². The minimum absolute atomic E-state index is 0.00494. The average molecular weight is 254 g/mol. The van der Waals surface area contributed by atoms with E-state index < -0.39 is 10.8 Å². The van der Waals surface area contributed by atoms with Gasteiger partial charge in [-0.2, -0.15) is 0 Å². The predicted molar refractivity (Wildman–Crippen MR) is 72.4 cm³/mol. The van der Waals surface area contributed by atoms with Crippen LogP contribution in [0, 0.1) is 6.92 Å². The number of nitrogens with two attached hydrogens (primary N) is 1. The van der Waals surface area contributed by atoms with Crippen LogP contribution in [0.25, 0.3) is 0 Å². The Morgan fingerprint density at radius 2 is 2.12 bits per heavy atom. The van der Waals surface area contributed by atoms with E-state index in [1.54, 1.807) is 12.1 Å². The first-order chi connectivity index (χ1) is 7.90. The van der Waals surface area contributed by atoms with Crippen molar-refractivity contribution in [2.45, 2.75) is 26.0 Å². The van der Waals surface area contributed by atoms with E-state index in [9.17, 15) is 9.00 Å². The van der Waals surface area contributed by atoms with E-state index in [2.05, 4.69) is 5.32 Å². The van der Waals surface area contributed by atoms with Gasteiger partial charge >= 0.3 is 0 Å². The molecule has 1 aromatic carbocycles. The topological polar surface area (TPSA) is 72.2 Å². The molecule has 3 N–H and O–H groups in total. The molecule has 94 valence electrons. The number of nitrogen functional groups attached to an aromatic ring is 1. The molecule has 0 saturated carbocycles. The highest BCUT2D eigenvalue weighted by atomic mass is 32.2. The van der Waals surface area contributed by atoms with Crippen LogP contribution in [0.5, 0.6) is 0 Å². The number of hydrogen-bond donors (Lipinski definition) is 2. The lowest BCUT2D eigenvalue weighted by Crippen LogP contribution is -2.23. The maximum atomic E-state index is 11.6. The standard InChI is InChI=1S/C12H18N2O2S/c1-8(2)17(16)7-12(15)14-11-5-4-9(3)6-10(11)13/h4-6,8H,7,13H2,1-3H3,(H,14,15). The zero-order chi connectivity index (χ0) is 13.0. The highest BCUT2D eigenvalue weighted by Gasteiger charge is 2.12. The molecule has 17 heavy (non-hydrogen) atoms. The Hall–Kier alpha value is -1.36. The van der Waals surface area contributed by atoms with Gasteiger partial charge in [-0.05, 0) is 24.6 Å². The van der Waals surface area contributed by atoms with Crippen molar-refractivity contribution in [3.05, 3.63) is 23.8 Å². The number of aryl methyl sites for hydroxylation is 1. The van der Waals surface area contributed by atoms with Gasteiger partial charge in [-0.3, -0.25) is 9.00 Å². The zero-order valence-electron chi connectivity index (χ0n) is 10.3. The Balaban J connectivity index is 2.65. The third kappa shape index (κ3) is 4.19. The number of carbonyl (C=O) groups is 1. The fraction of sp³-hybridized carbons (Fsp3) is 0.417. The fourth-order valence-electron chi connectivity index (χ4n) is 1.28. The second-order valence-electron chi connectivity index (χ2n) is 4.21. The molecule has 1 aromatic rings. The highest BCUT2D eigenvalue weighted by Crippen LogP contribution is 2.19. The molecule has 0 aliphatic carbocycles. The van der Waals surface area contributed by atoms with Gasteiger partial charge in [-0.15, -0.1) is 0 Å². The molecule has 0 bridgehead atoms. The van der Waals surface area contributed by atoms with Crippen molar-refractivity contribution in [2.24, 2.45) is 0 Å². The van der Waals surface area contributed by atoms with Gasteiger partial charge in [-0.1, -0.05) is 19.9 Å². The van der Waals surface area contributed by atoms with Crippen molar-refractivity contribution in [3.63, 3.8) is 0 Å². The summed E-state index contributed by atoms with van der Waals surface area (Å²) < 4.78 is 11.5. The van der Waals surface area contributed by atoms with Crippen LogP contribution in [0.1, 0.15) is 19.4 Å². The summed E-state index contributed by atoms with van der Waals surface area (Å²) in [6.07, 6.45) is 0. The van der Waals surface area contributed by atoms with E-state index in [0.717, 1.165) is 5.56 Å². The van der Waals surface area contributed by atoms with Crippen LogP contribution in [0.2, 0.25) is 0 Å². The number of hydrogen-bond acceptors (Lipinski definition) is 3. The highest BCUT2D eigenvalue weighted by molar-refractivity contribution is 7.86. The lowest BCUT2D eigenvalue weighted by Gasteiger charge is -2.09. The first-order valence-electron chi connectivity index (χ1n) is 5.43. The van der Waals surface area contributed by atoms with E-state index in [1.807, 2.05) is 26.8 Å². The second kappa shape index (κ2) is 5.82. The quantitative estimate of drug-likeness (QED) is 0.803. The largest absolute Gasteiger partial charge is 0.397 e. The third-order valence-electron chi connectivity index (χ3n) is 2.28. The molecule has 1 rings (SSSR count). The Kier molecular flexibility index (Phi) is 4.69. The summed E-state index contributed by atoms with van der Waals surface area (Å²) in [6.45, 7) is 5.57. The molecular weight excluding hydrogens is 236 g/mol. The monoisotopic (exact) mass is 254 g/mol. The summed E-state index contributed by atoms with van der Waals surface area (Å²) in [5, 5.41) is 2.65. The van der Waals surface area contributed by atoms with E-state index in [1.165, 1.54) is 0 Å². The van der Waals surface area contributed by atoms with E-state index >= 15 is 0 Å². The number of rotatable bonds is 4. The van der Waals surface area contributed by atoms with Crippen molar-refractivity contribution in [1.82, 2.24) is 0 Å². The van der Waals surface area contributed by atoms with Crippen molar-refractivity contribution in [1.29, 1.82) is 0 Å². The molecule has 0 aliphatic heterocycles. The lowest BCUT2D eigenvalue weighted by molar-refractivity contribution is -0.113. The fourth-order valence-corrected chi connectivity index (χ4v) is 1.94. The van der Waals surface area contributed by atoms with Crippen LogP contribution in [-0.4, -0.2) is 21.1 Å². The summed E-state index contributed by atoms with van der Waals surface area (Å²) in [6, 6.07) is 5.40. The molecule has 0 spiro atoms. The number of nitrogens with one attached hydrogen (secondary N) is 1. The molecule has 5 heteroatoms. The molecule has 0 aliphatic rings. The minimum atomic E-state index is -1.14. The van der Waals surface area contributed by atoms with E-state index in [0.29, 0.717) is 11.4 Å². The molecule has 1 atom stereocenters. The summed E-state index contributed by atoms with van der Waals surface area (Å²) in [5.41, 5.74) is 7.90. The summed E-state index contributed by atoms with van der Waals surface area (Å²) in [4.78, 5) is 11.6. The summed E-state index contributed by atoms with van der Waals surface area (Å²) >= 11 is 0. The van der Waals surface area contributed by atoms with Gasteiger partial charge in [0.15, 0.2) is 0 Å². The first kappa shape index (κ1) is 13.7. The van der Waals surface area contributed by atoms with Crippen LogP contribution in [0.3, 0.4) is 0 Å². The van der Waals surface area contributed by atoms with E-state index in [4.69, 9.17) is 5.73 Å². The smallest absolute Gasteiger partial charge is 0.237 e. The molecule has 0 aromatic heterocycles. The minimum Gasteiger partial charge on any atom is -0.397 e. The molecular formula is C12H18N2O2S. The molecule has 0 saturated heterocycles. The molecule has 1 amide bonds. The van der Waals surface area contributed by atoms with Gasteiger partial charge < -0.3 is 11.1 Å². The molecule has 0 fully saturated rings. The number of carbonyl (C=O) groups excluding carboxylic acids is 1. The van der Waals surface area contributed by atoms with Gasteiger partial charge in [0.1, 0.15) is 5.75 Å². The molecule has 0 radical (unpaired) electrons. The van der Waals surface area contributed by atoms with Crippen molar-refractivity contribution >= 4 is 28.1 Å². The Bertz CT molecular complexity index is 444. The second-order valence-corrected chi connectivity index (χ2v) is 6.21. The van der Waals surface area contributed by atoms with Crippen LogP contribution >= 0.6 is 0 Å². The van der Waals surface area contributed by atoms with Crippen LogP contribution < -0.4 is 11.1 Å². The normalized spacial score (nSPS) is 12.5. The lowest BCUT2D eigenvalue weighted by atomic mass is 10.2. The van der Waals surface area contributed by atoms with E-state index in [-0.39, 0.29) is 16.9 Å². The Morgan fingerprint density at radius 1 is 1.47 bits per heavy atom. The van der Waals surface area contributed by atoms with Crippen LogP contribution in [0.15, 0.2) is 18.2 Å². The number of benzene rings is 1. The predicted octanol–water partition coefficient (Wildman–Crippen LogP) is 1.67. The number of amides is 1. The average Bonchev–Trinajstić information content (AvgIpc) is 2.22. The third-order valence-corrected chi connectivity index (χ3v) is 3.88. The van der Waals surface area contributed by atoms with Crippen LogP contribution in [0.4, 0.5) is 11.4 Å². The summed E-state index contributed by atoms with van der Waals surface area (Å²) in [5.74, 6) is -0.266. The van der Waals surface area contributed by atoms with Gasteiger partial charge in [0.2, 0.25) is 5.91 Å². The SMILES string of the molecule is Cc1ccc(NC(=O)CS(=O)C(C)C)c(N)c1. The first-order valence-corrected chi connectivity index (χ1v) is 6.81. The van der Waals surface area contributed by atoms with Gasteiger partial charge in [0.25, 0.3) is 0 Å².